The molecule has 0 radical (unpaired) electrons. The van der Waals surface area contributed by atoms with E-state index in [0.717, 1.165) is 27.5 Å². The van der Waals surface area contributed by atoms with Crippen molar-refractivity contribution in [3.05, 3.63) is 53.6 Å². The zero-order valence-electron chi connectivity index (χ0n) is 16.5. The number of hydrogen-bond donors (Lipinski definition) is 1. The average molecular weight is 386 g/mol. The van der Waals surface area contributed by atoms with E-state index in [2.05, 4.69) is 19.2 Å². The van der Waals surface area contributed by atoms with Crippen LogP contribution in [-0.2, 0) is 0 Å². The number of rotatable bonds is 5. The summed E-state index contributed by atoms with van der Waals surface area (Å²) in [6, 6.07) is 13.4. The molecule has 0 saturated heterocycles. The fourth-order valence-corrected chi connectivity index (χ4v) is 4.29. The molecule has 1 aliphatic rings. The van der Waals surface area contributed by atoms with Crippen LogP contribution in [0.25, 0.3) is 0 Å². The van der Waals surface area contributed by atoms with E-state index in [0.29, 0.717) is 11.7 Å². The standard InChI is InChI=1S/C22H27NO3S/c1-14(2)27-20-9-7-6-8-17(20)21(24)23-18-13-22(3,4)26-19-12-15(25-5)10-11-16(18)19/h6-12,14,18H,13H2,1-5H3,(H,23,24)/t18-/m0/s1. The van der Waals surface area contributed by atoms with Gasteiger partial charge in [0.05, 0.1) is 18.7 Å². The van der Waals surface area contributed by atoms with E-state index in [9.17, 15) is 4.79 Å². The summed E-state index contributed by atoms with van der Waals surface area (Å²) < 4.78 is 11.4. The van der Waals surface area contributed by atoms with Gasteiger partial charge in [-0.3, -0.25) is 4.79 Å². The molecule has 1 N–H and O–H groups in total. The molecule has 27 heavy (non-hydrogen) atoms. The van der Waals surface area contributed by atoms with Gasteiger partial charge in [0, 0.05) is 28.2 Å². The minimum absolute atomic E-state index is 0.0526. The highest BCUT2D eigenvalue weighted by atomic mass is 32.2. The lowest BCUT2D eigenvalue weighted by Crippen LogP contribution is -2.41. The van der Waals surface area contributed by atoms with Crippen LogP contribution in [0.1, 0.15) is 56.1 Å². The van der Waals surface area contributed by atoms with E-state index in [1.54, 1.807) is 18.9 Å². The van der Waals surface area contributed by atoms with Gasteiger partial charge in [-0.15, -0.1) is 11.8 Å². The maximum absolute atomic E-state index is 13.1. The first kappa shape index (κ1) is 19.6. The molecule has 5 heteroatoms. The van der Waals surface area contributed by atoms with Crippen molar-refractivity contribution in [3.8, 4) is 11.5 Å². The van der Waals surface area contributed by atoms with E-state index in [1.165, 1.54) is 0 Å². The molecule has 1 amide bonds. The summed E-state index contributed by atoms with van der Waals surface area (Å²) in [5, 5.41) is 3.64. The fraction of sp³-hybridized carbons (Fsp3) is 0.409. The van der Waals surface area contributed by atoms with Crippen LogP contribution in [0.5, 0.6) is 11.5 Å². The van der Waals surface area contributed by atoms with Gasteiger partial charge < -0.3 is 14.8 Å². The Kier molecular flexibility index (Phi) is 5.70. The number of methoxy groups -OCH3 is 1. The predicted octanol–water partition coefficient (Wildman–Crippen LogP) is 5.23. The molecule has 0 aliphatic carbocycles. The fourth-order valence-electron chi connectivity index (χ4n) is 3.33. The number of thioether (sulfide) groups is 1. The summed E-state index contributed by atoms with van der Waals surface area (Å²) >= 11 is 1.70. The first-order valence-corrected chi connectivity index (χ1v) is 10.1. The Morgan fingerprint density at radius 1 is 1.26 bits per heavy atom. The van der Waals surface area contributed by atoms with Gasteiger partial charge in [0.25, 0.3) is 5.91 Å². The van der Waals surface area contributed by atoms with Crippen LogP contribution in [0, 0.1) is 0 Å². The molecule has 144 valence electrons. The molecular weight excluding hydrogens is 358 g/mol. The number of carbonyl (C=O) groups excluding carboxylic acids is 1. The SMILES string of the molecule is COc1ccc2c(c1)OC(C)(C)C[C@@H]2NC(=O)c1ccccc1SC(C)C. The Morgan fingerprint density at radius 3 is 2.70 bits per heavy atom. The Hall–Kier alpha value is -2.14. The molecule has 1 heterocycles. The molecule has 3 rings (SSSR count). The highest BCUT2D eigenvalue weighted by molar-refractivity contribution is 8.00. The normalized spacial score (nSPS) is 17.8. The molecule has 0 aromatic heterocycles. The van der Waals surface area contributed by atoms with Crippen molar-refractivity contribution >= 4 is 17.7 Å². The lowest BCUT2D eigenvalue weighted by atomic mass is 9.89. The molecule has 0 saturated carbocycles. The summed E-state index contributed by atoms with van der Waals surface area (Å²) in [6.07, 6.45) is 0.706. The Labute approximate surface area is 165 Å². The molecule has 0 spiro atoms. The molecule has 2 aromatic carbocycles. The monoisotopic (exact) mass is 385 g/mol. The Bertz CT molecular complexity index is 832. The Morgan fingerprint density at radius 2 is 2.00 bits per heavy atom. The molecular formula is C22H27NO3S. The maximum Gasteiger partial charge on any atom is 0.252 e. The van der Waals surface area contributed by atoms with Crippen LogP contribution in [0.2, 0.25) is 0 Å². The molecule has 1 aliphatic heterocycles. The van der Waals surface area contributed by atoms with Crippen LogP contribution in [0.4, 0.5) is 0 Å². The van der Waals surface area contributed by atoms with E-state index in [-0.39, 0.29) is 17.6 Å². The second-order valence-corrected chi connectivity index (χ2v) is 9.28. The third-order valence-corrected chi connectivity index (χ3v) is 5.56. The molecule has 0 unspecified atom stereocenters. The molecule has 2 aromatic rings. The van der Waals surface area contributed by atoms with Gasteiger partial charge in [-0.1, -0.05) is 26.0 Å². The number of ether oxygens (including phenoxy) is 2. The van der Waals surface area contributed by atoms with Crippen molar-refractivity contribution in [1.82, 2.24) is 5.32 Å². The van der Waals surface area contributed by atoms with Crippen LogP contribution in [-0.4, -0.2) is 23.9 Å². The van der Waals surface area contributed by atoms with Gasteiger partial charge in [0.1, 0.15) is 17.1 Å². The van der Waals surface area contributed by atoms with Gasteiger partial charge in [0.15, 0.2) is 0 Å². The minimum Gasteiger partial charge on any atom is -0.497 e. The average Bonchev–Trinajstić information content (AvgIpc) is 2.60. The lowest BCUT2D eigenvalue weighted by molar-refractivity contribution is 0.0616. The van der Waals surface area contributed by atoms with Crippen molar-refractivity contribution < 1.29 is 14.3 Å². The molecule has 4 nitrogen and oxygen atoms in total. The second kappa shape index (κ2) is 7.85. The minimum atomic E-state index is -0.372. The van der Waals surface area contributed by atoms with Crippen LogP contribution in [0.3, 0.4) is 0 Å². The van der Waals surface area contributed by atoms with Gasteiger partial charge in [-0.05, 0) is 38.1 Å². The smallest absolute Gasteiger partial charge is 0.252 e. The van der Waals surface area contributed by atoms with E-state index < -0.39 is 0 Å². The van der Waals surface area contributed by atoms with Gasteiger partial charge in [-0.2, -0.15) is 0 Å². The number of amides is 1. The first-order valence-electron chi connectivity index (χ1n) is 9.22. The topological polar surface area (TPSA) is 47.6 Å². The number of nitrogens with one attached hydrogen (secondary N) is 1. The number of hydrogen-bond acceptors (Lipinski definition) is 4. The number of fused-ring (bicyclic) bond motifs is 1. The predicted molar refractivity (Wildman–Crippen MR) is 110 cm³/mol. The second-order valence-electron chi connectivity index (χ2n) is 7.66. The largest absolute Gasteiger partial charge is 0.497 e. The molecule has 0 fully saturated rings. The van der Waals surface area contributed by atoms with Crippen molar-refractivity contribution in [2.75, 3.05) is 7.11 Å². The number of benzene rings is 2. The van der Waals surface area contributed by atoms with E-state index >= 15 is 0 Å². The molecule has 0 bridgehead atoms. The summed E-state index contributed by atoms with van der Waals surface area (Å²) in [6.45, 7) is 8.34. The van der Waals surface area contributed by atoms with Crippen molar-refractivity contribution in [3.63, 3.8) is 0 Å². The van der Waals surface area contributed by atoms with Crippen molar-refractivity contribution in [2.45, 2.75) is 55.9 Å². The summed E-state index contributed by atoms with van der Waals surface area (Å²) in [7, 11) is 1.64. The van der Waals surface area contributed by atoms with Crippen LogP contribution >= 0.6 is 11.8 Å². The quantitative estimate of drug-likeness (QED) is 0.716. The third kappa shape index (κ3) is 4.59. The van der Waals surface area contributed by atoms with Crippen LogP contribution in [0.15, 0.2) is 47.4 Å². The van der Waals surface area contributed by atoms with E-state index in [4.69, 9.17) is 9.47 Å². The summed E-state index contributed by atoms with van der Waals surface area (Å²) in [5.74, 6) is 1.46. The van der Waals surface area contributed by atoms with Crippen molar-refractivity contribution in [2.24, 2.45) is 0 Å². The Balaban J connectivity index is 1.89. The maximum atomic E-state index is 13.1. The zero-order valence-corrected chi connectivity index (χ0v) is 17.4. The highest BCUT2D eigenvalue weighted by Gasteiger charge is 2.35. The summed E-state index contributed by atoms with van der Waals surface area (Å²) in [5.41, 5.74) is 1.33. The van der Waals surface area contributed by atoms with Gasteiger partial charge in [-0.25, -0.2) is 0 Å². The summed E-state index contributed by atoms with van der Waals surface area (Å²) in [4.78, 5) is 14.1. The lowest BCUT2D eigenvalue weighted by Gasteiger charge is -2.38. The van der Waals surface area contributed by atoms with Crippen molar-refractivity contribution in [1.29, 1.82) is 0 Å². The molecule has 1 atom stereocenters. The number of carbonyl (C=O) groups is 1. The van der Waals surface area contributed by atoms with Gasteiger partial charge >= 0.3 is 0 Å². The first-order chi connectivity index (χ1) is 12.8. The van der Waals surface area contributed by atoms with E-state index in [1.807, 2.05) is 56.3 Å². The van der Waals surface area contributed by atoms with Gasteiger partial charge in [0.2, 0.25) is 0 Å². The van der Waals surface area contributed by atoms with Crippen LogP contribution < -0.4 is 14.8 Å². The third-order valence-electron chi connectivity index (χ3n) is 4.48. The highest BCUT2D eigenvalue weighted by Crippen LogP contribution is 2.41. The zero-order chi connectivity index (χ0) is 19.6.